The summed E-state index contributed by atoms with van der Waals surface area (Å²) >= 11 is 0. The number of nitrogens with one attached hydrogen (secondary N) is 2. The van der Waals surface area contributed by atoms with Crippen LogP contribution in [0.4, 0.5) is 0 Å². The number of aromatic hydroxyl groups is 1. The highest BCUT2D eigenvalue weighted by Crippen LogP contribution is 2.39. The molecule has 1 heterocycles. The molecule has 0 aromatic heterocycles. The molecule has 196 valence electrons. The van der Waals surface area contributed by atoms with Crippen LogP contribution in [0, 0.1) is 5.41 Å². The molecule has 0 aliphatic carbocycles. The van der Waals surface area contributed by atoms with Crippen molar-refractivity contribution in [1.82, 2.24) is 10.2 Å². The summed E-state index contributed by atoms with van der Waals surface area (Å²) in [5, 5.41) is 22.1. The van der Waals surface area contributed by atoms with E-state index in [0.717, 1.165) is 5.56 Å². The van der Waals surface area contributed by atoms with Crippen molar-refractivity contribution in [2.24, 2.45) is 0 Å². The zero-order valence-electron chi connectivity index (χ0n) is 21.8. The Labute approximate surface area is 223 Å². The third-order valence-electron chi connectivity index (χ3n) is 5.86. The summed E-state index contributed by atoms with van der Waals surface area (Å²) < 4.78 is 11.3. The molecule has 0 bridgehead atoms. The fraction of sp³-hybridized carbons (Fsp3) is 0.444. The van der Waals surface area contributed by atoms with Gasteiger partial charge in [0.05, 0.1) is 25.3 Å². The van der Waals surface area contributed by atoms with Gasteiger partial charge in [0.15, 0.2) is 17.3 Å². The van der Waals surface area contributed by atoms with Crippen molar-refractivity contribution in [3.8, 4) is 17.2 Å². The molecule has 1 aliphatic rings. The summed E-state index contributed by atoms with van der Waals surface area (Å²) in [6, 6.07) is 6.72. The summed E-state index contributed by atoms with van der Waals surface area (Å²) in [7, 11) is 0. The number of hydrogen-bond donors (Lipinski definition) is 3. The molecule has 0 saturated carbocycles. The Morgan fingerprint density at radius 3 is 2.28 bits per heavy atom. The van der Waals surface area contributed by atoms with Gasteiger partial charge in [0.1, 0.15) is 11.6 Å². The number of ether oxygens (including phenoxy) is 2. The SMILES string of the molecule is Br.CCNC(=O)c1cc2c(cc1OCC)CN(CC(=O)c1cc(OCC)c(O)c(C(C)(C)C)c1)C2=N. The van der Waals surface area contributed by atoms with Crippen LogP contribution in [0.25, 0.3) is 0 Å². The third-order valence-corrected chi connectivity index (χ3v) is 5.86. The Balaban J connectivity index is 0.00000456. The molecule has 0 fully saturated rings. The van der Waals surface area contributed by atoms with Crippen molar-refractivity contribution in [2.45, 2.75) is 53.5 Å². The maximum Gasteiger partial charge on any atom is 0.255 e. The number of phenols is 1. The number of amidine groups is 1. The monoisotopic (exact) mass is 561 g/mol. The molecule has 3 N–H and O–H groups in total. The second-order valence-electron chi connectivity index (χ2n) is 9.48. The van der Waals surface area contributed by atoms with Crippen molar-refractivity contribution >= 4 is 34.5 Å². The Morgan fingerprint density at radius 2 is 1.69 bits per heavy atom. The first-order valence-corrected chi connectivity index (χ1v) is 12.0. The van der Waals surface area contributed by atoms with Crippen molar-refractivity contribution < 1.29 is 24.2 Å². The van der Waals surface area contributed by atoms with Crippen molar-refractivity contribution in [3.05, 3.63) is 52.1 Å². The number of carbonyl (C=O) groups excluding carboxylic acids is 2. The number of carbonyl (C=O) groups is 2. The van der Waals surface area contributed by atoms with E-state index < -0.39 is 5.41 Å². The largest absolute Gasteiger partial charge is 0.504 e. The fourth-order valence-corrected chi connectivity index (χ4v) is 4.14. The molecule has 2 aromatic rings. The molecule has 1 amide bonds. The van der Waals surface area contributed by atoms with E-state index in [-0.39, 0.29) is 52.6 Å². The minimum atomic E-state index is -0.395. The van der Waals surface area contributed by atoms with Gasteiger partial charge in [-0.05, 0) is 56.0 Å². The van der Waals surface area contributed by atoms with Crippen LogP contribution in [-0.4, -0.2) is 53.8 Å². The average molecular weight is 563 g/mol. The van der Waals surface area contributed by atoms with E-state index in [1.165, 1.54) is 0 Å². The number of hydrogen-bond acceptors (Lipinski definition) is 6. The Kier molecular flexibility index (Phi) is 9.54. The maximum absolute atomic E-state index is 13.3. The van der Waals surface area contributed by atoms with E-state index in [2.05, 4.69) is 5.32 Å². The van der Waals surface area contributed by atoms with Crippen LogP contribution in [0.5, 0.6) is 17.2 Å². The van der Waals surface area contributed by atoms with Gasteiger partial charge in [0, 0.05) is 29.8 Å². The first-order valence-electron chi connectivity index (χ1n) is 12.0. The molecule has 0 radical (unpaired) electrons. The molecule has 9 heteroatoms. The zero-order valence-corrected chi connectivity index (χ0v) is 23.5. The first kappa shape index (κ1) is 29.2. The van der Waals surface area contributed by atoms with Crippen LogP contribution in [0.2, 0.25) is 0 Å². The zero-order chi connectivity index (χ0) is 25.9. The number of benzene rings is 2. The van der Waals surface area contributed by atoms with Crippen LogP contribution in [0.3, 0.4) is 0 Å². The van der Waals surface area contributed by atoms with Crippen LogP contribution < -0.4 is 14.8 Å². The Morgan fingerprint density at radius 1 is 1.06 bits per heavy atom. The molecular formula is C27H36BrN3O5. The lowest BCUT2D eigenvalue weighted by atomic mass is 9.84. The number of amides is 1. The number of Topliss-reactive ketones (excluding diaryl/α,β-unsaturated/α-hetero) is 1. The second kappa shape index (κ2) is 11.8. The van der Waals surface area contributed by atoms with Gasteiger partial charge in [0.2, 0.25) is 0 Å². The third kappa shape index (κ3) is 6.00. The normalized spacial score (nSPS) is 12.6. The molecule has 1 aliphatic heterocycles. The minimum absolute atomic E-state index is 0. The van der Waals surface area contributed by atoms with Crippen LogP contribution in [0.15, 0.2) is 24.3 Å². The van der Waals surface area contributed by atoms with E-state index >= 15 is 0 Å². The smallest absolute Gasteiger partial charge is 0.255 e. The number of phenolic OH excluding ortho intramolecular Hbond substituents is 1. The van der Waals surface area contributed by atoms with E-state index in [1.807, 2.05) is 41.5 Å². The molecule has 36 heavy (non-hydrogen) atoms. The highest BCUT2D eigenvalue weighted by atomic mass is 79.9. The number of rotatable bonds is 9. The summed E-state index contributed by atoms with van der Waals surface area (Å²) in [6.07, 6.45) is 0. The van der Waals surface area contributed by atoms with Crippen molar-refractivity contribution in [2.75, 3.05) is 26.3 Å². The summed E-state index contributed by atoms with van der Waals surface area (Å²) in [4.78, 5) is 27.5. The van der Waals surface area contributed by atoms with Gasteiger partial charge in [-0.15, -0.1) is 17.0 Å². The lowest BCUT2D eigenvalue weighted by Crippen LogP contribution is -2.30. The lowest BCUT2D eigenvalue weighted by molar-refractivity contribution is 0.0947. The predicted molar refractivity (Wildman–Crippen MR) is 145 cm³/mol. The van der Waals surface area contributed by atoms with Crippen LogP contribution in [0.1, 0.15) is 78.9 Å². The van der Waals surface area contributed by atoms with Crippen molar-refractivity contribution in [3.63, 3.8) is 0 Å². The van der Waals surface area contributed by atoms with Gasteiger partial charge < -0.3 is 24.8 Å². The van der Waals surface area contributed by atoms with Gasteiger partial charge in [-0.2, -0.15) is 0 Å². The second-order valence-corrected chi connectivity index (χ2v) is 9.48. The number of nitrogens with zero attached hydrogens (tertiary/aromatic N) is 1. The van der Waals surface area contributed by atoms with Gasteiger partial charge in [-0.25, -0.2) is 0 Å². The molecule has 3 rings (SSSR count). The van der Waals surface area contributed by atoms with E-state index in [1.54, 1.807) is 29.2 Å². The van der Waals surface area contributed by atoms with Gasteiger partial charge in [0.25, 0.3) is 5.91 Å². The highest BCUT2D eigenvalue weighted by Gasteiger charge is 2.30. The van der Waals surface area contributed by atoms with E-state index in [9.17, 15) is 14.7 Å². The van der Waals surface area contributed by atoms with Gasteiger partial charge in [-0.1, -0.05) is 20.8 Å². The first-order chi connectivity index (χ1) is 16.5. The Hall–Kier alpha value is -3.07. The summed E-state index contributed by atoms with van der Waals surface area (Å²) in [5.74, 6) is 0.510. The summed E-state index contributed by atoms with van der Waals surface area (Å²) in [6.45, 7) is 13.0. The molecule has 8 nitrogen and oxygen atoms in total. The maximum atomic E-state index is 13.3. The number of fused-ring (bicyclic) bond motifs is 1. The molecule has 0 saturated heterocycles. The summed E-state index contributed by atoms with van der Waals surface area (Å²) in [5.41, 5.74) is 2.46. The minimum Gasteiger partial charge on any atom is -0.504 e. The van der Waals surface area contributed by atoms with Crippen LogP contribution >= 0.6 is 17.0 Å². The van der Waals surface area contributed by atoms with Gasteiger partial charge in [-0.3, -0.25) is 15.0 Å². The van der Waals surface area contributed by atoms with Crippen LogP contribution in [-0.2, 0) is 12.0 Å². The fourth-order valence-electron chi connectivity index (χ4n) is 4.14. The quantitative estimate of drug-likeness (QED) is 0.378. The molecule has 0 unspecified atom stereocenters. The standard InChI is InChI=1S/C27H35N3O5.BrH/c1-7-29-26(33)19-13-18-17(12-22(19)34-8-2)14-30(25(18)28)15-21(31)16-10-20(27(4,5)6)24(32)23(11-16)35-9-3;/h10-13,28,32H,7-9,14-15H2,1-6H3,(H,29,33);1H. The topological polar surface area (TPSA) is 112 Å². The molecule has 0 spiro atoms. The van der Waals surface area contributed by atoms with Crippen molar-refractivity contribution in [1.29, 1.82) is 5.41 Å². The molecular weight excluding hydrogens is 526 g/mol. The highest BCUT2D eigenvalue weighted by molar-refractivity contribution is 8.93. The lowest BCUT2D eigenvalue weighted by Gasteiger charge is -2.23. The Bertz CT molecular complexity index is 1160. The molecule has 0 atom stereocenters. The number of halogens is 1. The predicted octanol–water partition coefficient (Wildman–Crippen LogP) is 4.84. The number of ketones is 1. The van der Waals surface area contributed by atoms with Gasteiger partial charge >= 0.3 is 0 Å². The van der Waals surface area contributed by atoms with E-state index in [4.69, 9.17) is 14.9 Å². The average Bonchev–Trinajstić information content (AvgIpc) is 3.08. The van der Waals surface area contributed by atoms with E-state index in [0.29, 0.717) is 54.3 Å². The molecule has 2 aromatic carbocycles.